The van der Waals surface area contributed by atoms with Gasteiger partial charge in [0.15, 0.2) is 0 Å². The summed E-state index contributed by atoms with van der Waals surface area (Å²) in [4.78, 5) is 1.25. The Balaban J connectivity index is 2.59. The van der Waals surface area contributed by atoms with E-state index in [-0.39, 0.29) is 0 Å². The van der Waals surface area contributed by atoms with E-state index in [4.69, 9.17) is 4.42 Å². The Morgan fingerprint density at radius 1 is 1.29 bits per heavy atom. The number of hydrogen-bond donors (Lipinski definition) is 0. The smallest absolute Gasteiger partial charge is 0.135 e. The van der Waals surface area contributed by atoms with Crippen LogP contribution in [0, 0.1) is 0 Å². The lowest BCUT2D eigenvalue weighted by molar-refractivity contribution is 0.606. The average molecular weight is 206 g/mol. The van der Waals surface area contributed by atoms with Crippen LogP contribution in [0.4, 0.5) is 0 Å². The molecule has 0 unspecified atom stereocenters. The molecule has 1 nitrogen and oxygen atoms in total. The van der Waals surface area contributed by atoms with Crippen LogP contribution in [0.15, 0.2) is 33.8 Å². The summed E-state index contributed by atoms with van der Waals surface area (Å²) in [6.45, 7) is 4.37. The zero-order chi connectivity index (χ0) is 10.1. The SMILES string of the molecule is CSc1ccc2c(C(C)C)coc2c1. The molecule has 0 atom stereocenters. The summed E-state index contributed by atoms with van der Waals surface area (Å²) in [5.74, 6) is 0.524. The molecular formula is C12H14OS. The molecule has 0 aliphatic rings. The molecule has 1 heterocycles. The predicted molar refractivity (Wildman–Crippen MR) is 62.1 cm³/mol. The molecule has 2 aromatic rings. The normalized spacial score (nSPS) is 11.4. The second-order valence-corrected chi connectivity index (χ2v) is 4.59. The molecule has 0 aliphatic heterocycles. The lowest BCUT2D eigenvalue weighted by Crippen LogP contribution is -1.83. The highest BCUT2D eigenvalue weighted by Crippen LogP contribution is 2.29. The van der Waals surface area contributed by atoms with E-state index in [1.807, 2.05) is 6.26 Å². The third-order valence-corrected chi connectivity index (χ3v) is 3.16. The minimum atomic E-state index is 0.524. The molecule has 2 rings (SSSR count). The van der Waals surface area contributed by atoms with Crippen molar-refractivity contribution in [3.63, 3.8) is 0 Å². The van der Waals surface area contributed by atoms with Gasteiger partial charge in [0.05, 0.1) is 6.26 Å². The van der Waals surface area contributed by atoms with Gasteiger partial charge in [-0.2, -0.15) is 0 Å². The molecule has 0 N–H and O–H groups in total. The van der Waals surface area contributed by atoms with Gasteiger partial charge in [-0.1, -0.05) is 13.8 Å². The molecule has 0 saturated heterocycles. The summed E-state index contributed by atoms with van der Waals surface area (Å²) >= 11 is 1.74. The van der Waals surface area contributed by atoms with Crippen LogP contribution in [-0.4, -0.2) is 6.26 Å². The highest BCUT2D eigenvalue weighted by Gasteiger charge is 2.08. The number of thioether (sulfide) groups is 1. The summed E-state index contributed by atoms with van der Waals surface area (Å²) in [6.07, 6.45) is 3.95. The summed E-state index contributed by atoms with van der Waals surface area (Å²) in [5.41, 5.74) is 2.30. The molecule has 0 spiro atoms. The third-order valence-electron chi connectivity index (χ3n) is 2.43. The van der Waals surface area contributed by atoms with Crippen LogP contribution in [0.1, 0.15) is 25.3 Å². The van der Waals surface area contributed by atoms with Gasteiger partial charge in [-0.15, -0.1) is 11.8 Å². The Kier molecular flexibility index (Phi) is 2.55. The molecule has 0 radical (unpaired) electrons. The van der Waals surface area contributed by atoms with Gasteiger partial charge in [0.25, 0.3) is 0 Å². The maximum Gasteiger partial charge on any atom is 0.135 e. The van der Waals surface area contributed by atoms with Crippen molar-refractivity contribution in [2.75, 3.05) is 6.26 Å². The van der Waals surface area contributed by atoms with Crippen molar-refractivity contribution in [3.05, 3.63) is 30.0 Å². The van der Waals surface area contributed by atoms with Crippen LogP contribution in [0.2, 0.25) is 0 Å². The molecule has 0 fully saturated rings. The van der Waals surface area contributed by atoms with Gasteiger partial charge in [-0.05, 0) is 30.4 Å². The predicted octanol–water partition coefficient (Wildman–Crippen LogP) is 4.28. The van der Waals surface area contributed by atoms with Crippen molar-refractivity contribution in [2.24, 2.45) is 0 Å². The molecule has 74 valence electrons. The summed E-state index contributed by atoms with van der Waals surface area (Å²) in [5, 5.41) is 1.25. The molecule has 0 aliphatic carbocycles. The van der Waals surface area contributed by atoms with E-state index in [1.165, 1.54) is 15.8 Å². The highest BCUT2D eigenvalue weighted by atomic mass is 32.2. The van der Waals surface area contributed by atoms with Crippen LogP contribution >= 0.6 is 11.8 Å². The van der Waals surface area contributed by atoms with Crippen molar-refractivity contribution < 1.29 is 4.42 Å². The van der Waals surface area contributed by atoms with Crippen molar-refractivity contribution in [1.82, 2.24) is 0 Å². The van der Waals surface area contributed by atoms with Gasteiger partial charge in [0.1, 0.15) is 5.58 Å². The number of hydrogen-bond acceptors (Lipinski definition) is 2. The van der Waals surface area contributed by atoms with E-state index >= 15 is 0 Å². The average Bonchev–Trinajstić information content (AvgIpc) is 2.59. The third kappa shape index (κ3) is 1.55. The van der Waals surface area contributed by atoms with Crippen LogP contribution < -0.4 is 0 Å². The standard InChI is InChI=1S/C12H14OS/c1-8(2)11-7-13-12-6-9(14-3)4-5-10(11)12/h4-8H,1-3H3. The highest BCUT2D eigenvalue weighted by molar-refractivity contribution is 7.98. The number of benzene rings is 1. The zero-order valence-electron chi connectivity index (χ0n) is 8.70. The Bertz CT molecular complexity index is 443. The summed E-state index contributed by atoms with van der Waals surface area (Å²) in [6, 6.07) is 6.40. The largest absolute Gasteiger partial charge is 0.464 e. The minimum Gasteiger partial charge on any atom is -0.464 e. The van der Waals surface area contributed by atoms with E-state index < -0.39 is 0 Å². The molecule has 1 aromatic heterocycles. The molecular weight excluding hydrogens is 192 g/mol. The van der Waals surface area contributed by atoms with Gasteiger partial charge in [-0.25, -0.2) is 0 Å². The second kappa shape index (κ2) is 3.70. The Hall–Kier alpha value is -0.890. The molecule has 14 heavy (non-hydrogen) atoms. The van der Waals surface area contributed by atoms with E-state index in [0.29, 0.717) is 5.92 Å². The first kappa shape index (κ1) is 9.66. The molecule has 0 saturated carbocycles. The van der Waals surface area contributed by atoms with Gasteiger partial charge < -0.3 is 4.42 Å². The van der Waals surface area contributed by atoms with Gasteiger partial charge in [0.2, 0.25) is 0 Å². The Morgan fingerprint density at radius 3 is 2.71 bits per heavy atom. The van der Waals surface area contributed by atoms with E-state index in [2.05, 4.69) is 38.3 Å². The van der Waals surface area contributed by atoms with Gasteiger partial charge >= 0.3 is 0 Å². The Labute approximate surface area is 88.5 Å². The molecule has 1 aromatic carbocycles. The fourth-order valence-corrected chi connectivity index (χ4v) is 2.03. The van der Waals surface area contributed by atoms with Gasteiger partial charge in [-0.3, -0.25) is 0 Å². The van der Waals surface area contributed by atoms with E-state index in [1.54, 1.807) is 11.8 Å². The van der Waals surface area contributed by atoms with Crippen molar-refractivity contribution in [2.45, 2.75) is 24.7 Å². The molecule has 2 heteroatoms. The first-order valence-electron chi connectivity index (χ1n) is 4.77. The maximum atomic E-state index is 5.54. The van der Waals surface area contributed by atoms with Crippen molar-refractivity contribution in [3.8, 4) is 0 Å². The lowest BCUT2D eigenvalue weighted by Gasteiger charge is -2.01. The summed E-state index contributed by atoms with van der Waals surface area (Å²) in [7, 11) is 0. The number of fused-ring (bicyclic) bond motifs is 1. The van der Waals surface area contributed by atoms with Gasteiger partial charge in [0, 0.05) is 15.8 Å². The minimum absolute atomic E-state index is 0.524. The lowest BCUT2D eigenvalue weighted by atomic mass is 10.0. The first-order chi connectivity index (χ1) is 6.72. The first-order valence-corrected chi connectivity index (χ1v) is 6.00. The van der Waals surface area contributed by atoms with Crippen molar-refractivity contribution in [1.29, 1.82) is 0 Å². The maximum absolute atomic E-state index is 5.54. The molecule has 0 bridgehead atoms. The molecule has 0 amide bonds. The monoisotopic (exact) mass is 206 g/mol. The Morgan fingerprint density at radius 2 is 2.07 bits per heavy atom. The second-order valence-electron chi connectivity index (χ2n) is 3.71. The van der Waals surface area contributed by atoms with Crippen LogP contribution in [-0.2, 0) is 0 Å². The fourth-order valence-electron chi connectivity index (χ4n) is 1.60. The van der Waals surface area contributed by atoms with E-state index in [9.17, 15) is 0 Å². The fraction of sp³-hybridized carbons (Fsp3) is 0.333. The van der Waals surface area contributed by atoms with Crippen LogP contribution in [0.25, 0.3) is 11.0 Å². The number of rotatable bonds is 2. The van der Waals surface area contributed by atoms with Crippen LogP contribution in [0.5, 0.6) is 0 Å². The van der Waals surface area contributed by atoms with Crippen molar-refractivity contribution >= 4 is 22.7 Å². The number of furan rings is 1. The zero-order valence-corrected chi connectivity index (χ0v) is 9.52. The van der Waals surface area contributed by atoms with E-state index in [0.717, 1.165) is 5.58 Å². The quantitative estimate of drug-likeness (QED) is 0.680. The summed E-state index contributed by atoms with van der Waals surface area (Å²) < 4.78 is 5.54. The van der Waals surface area contributed by atoms with Crippen LogP contribution in [0.3, 0.4) is 0 Å². The topological polar surface area (TPSA) is 13.1 Å².